The smallest absolute Gasteiger partial charge is 0.319 e. The molecule has 1 fully saturated rings. The lowest BCUT2D eigenvalue weighted by Crippen LogP contribution is -2.43. The maximum Gasteiger partial charge on any atom is 0.325 e. The molecule has 3 amide bonds. The third-order valence-electron chi connectivity index (χ3n) is 4.53. The number of hydrogen-bond acceptors (Lipinski definition) is 3. The number of urea groups is 1. The van der Waals surface area contributed by atoms with Crippen molar-refractivity contribution in [2.24, 2.45) is 0 Å². The van der Waals surface area contributed by atoms with Crippen LogP contribution in [0.25, 0.3) is 0 Å². The first-order valence-electron chi connectivity index (χ1n) is 8.30. The summed E-state index contributed by atoms with van der Waals surface area (Å²) in [5, 5.41) is 12.1. The van der Waals surface area contributed by atoms with Gasteiger partial charge in [0.05, 0.1) is 18.2 Å². The average Bonchev–Trinajstić information content (AvgIpc) is 2.88. The van der Waals surface area contributed by atoms with Crippen molar-refractivity contribution in [2.75, 3.05) is 0 Å². The van der Waals surface area contributed by atoms with E-state index in [-0.39, 0.29) is 12.5 Å². The Morgan fingerprint density at radius 3 is 2.44 bits per heavy atom. The number of imide groups is 1. The molecule has 1 heterocycles. The molecule has 0 spiro atoms. The second-order valence-corrected chi connectivity index (χ2v) is 6.11. The first-order chi connectivity index (χ1) is 12.1. The van der Waals surface area contributed by atoms with Crippen molar-refractivity contribution in [3.8, 4) is 6.07 Å². The number of rotatable bonds is 5. The fourth-order valence-electron chi connectivity index (χ4n) is 3.31. The van der Waals surface area contributed by atoms with E-state index in [2.05, 4.69) is 11.4 Å². The van der Waals surface area contributed by atoms with E-state index >= 15 is 0 Å². The van der Waals surface area contributed by atoms with Gasteiger partial charge in [0, 0.05) is 0 Å². The molecule has 0 radical (unpaired) electrons. The third-order valence-corrected chi connectivity index (χ3v) is 4.53. The van der Waals surface area contributed by atoms with Crippen molar-refractivity contribution < 1.29 is 9.59 Å². The van der Waals surface area contributed by atoms with Crippen LogP contribution < -0.4 is 5.32 Å². The number of hydrogen-bond donors (Lipinski definition) is 1. The molecule has 126 valence electrons. The number of amides is 3. The first kappa shape index (κ1) is 16.7. The standard InChI is InChI=1S/C20H19N3O2/c1-2-12-20(17-10-4-3-5-11-17)18(24)23(19(25)22-20)14-16-9-7-6-8-15(16)13-21/h3-11H,2,12,14H2,1H3,(H,22,25). The summed E-state index contributed by atoms with van der Waals surface area (Å²) in [6.07, 6.45) is 1.28. The molecule has 1 saturated heterocycles. The summed E-state index contributed by atoms with van der Waals surface area (Å²) in [4.78, 5) is 27.0. The number of carbonyl (C=O) groups excluding carboxylic acids is 2. The molecule has 3 rings (SSSR count). The molecule has 2 aromatic carbocycles. The molecule has 1 atom stereocenters. The summed E-state index contributed by atoms with van der Waals surface area (Å²) in [6.45, 7) is 2.07. The lowest BCUT2D eigenvalue weighted by molar-refractivity contribution is -0.132. The monoisotopic (exact) mass is 333 g/mol. The van der Waals surface area contributed by atoms with E-state index in [0.29, 0.717) is 17.5 Å². The molecule has 0 aliphatic carbocycles. The summed E-state index contributed by atoms with van der Waals surface area (Å²) >= 11 is 0. The highest BCUT2D eigenvalue weighted by molar-refractivity contribution is 6.07. The highest BCUT2D eigenvalue weighted by atomic mass is 16.2. The Bertz CT molecular complexity index is 842. The van der Waals surface area contributed by atoms with Crippen LogP contribution in [-0.2, 0) is 16.9 Å². The van der Waals surface area contributed by atoms with Crippen molar-refractivity contribution in [1.29, 1.82) is 5.26 Å². The van der Waals surface area contributed by atoms with Crippen LogP contribution in [0.1, 0.15) is 36.5 Å². The zero-order valence-electron chi connectivity index (χ0n) is 14.0. The van der Waals surface area contributed by atoms with Crippen molar-refractivity contribution in [2.45, 2.75) is 31.8 Å². The van der Waals surface area contributed by atoms with E-state index < -0.39 is 11.6 Å². The molecule has 0 aromatic heterocycles. The van der Waals surface area contributed by atoms with Crippen LogP contribution in [0, 0.1) is 11.3 Å². The summed E-state index contributed by atoms with van der Waals surface area (Å²) in [5.74, 6) is -0.265. The molecular formula is C20H19N3O2. The molecular weight excluding hydrogens is 314 g/mol. The van der Waals surface area contributed by atoms with E-state index in [1.807, 2.05) is 37.3 Å². The molecule has 1 unspecified atom stereocenters. The van der Waals surface area contributed by atoms with E-state index in [9.17, 15) is 14.9 Å². The van der Waals surface area contributed by atoms with Gasteiger partial charge in [-0.25, -0.2) is 4.79 Å². The predicted molar refractivity (Wildman–Crippen MR) is 93.3 cm³/mol. The normalized spacial score (nSPS) is 19.6. The minimum Gasteiger partial charge on any atom is -0.319 e. The van der Waals surface area contributed by atoms with Crippen LogP contribution in [0.5, 0.6) is 0 Å². The van der Waals surface area contributed by atoms with Gasteiger partial charge in [-0.1, -0.05) is 61.9 Å². The number of nitriles is 1. The van der Waals surface area contributed by atoms with E-state index in [1.165, 1.54) is 4.90 Å². The molecule has 0 bridgehead atoms. The Morgan fingerprint density at radius 2 is 1.76 bits per heavy atom. The summed E-state index contributed by atoms with van der Waals surface area (Å²) < 4.78 is 0. The minimum absolute atomic E-state index is 0.0900. The number of benzene rings is 2. The fraction of sp³-hybridized carbons (Fsp3) is 0.250. The van der Waals surface area contributed by atoms with Crippen LogP contribution in [-0.4, -0.2) is 16.8 Å². The summed E-state index contributed by atoms with van der Waals surface area (Å²) in [6, 6.07) is 18.0. The van der Waals surface area contributed by atoms with Gasteiger partial charge >= 0.3 is 6.03 Å². The number of nitrogens with one attached hydrogen (secondary N) is 1. The van der Waals surface area contributed by atoms with Crippen molar-refractivity contribution in [3.05, 3.63) is 71.3 Å². The highest BCUT2D eigenvalue weighted by Gasteiger charge is 2.51. The Kier molecular flexibility index (Phi) is 4.53. The number of nitrogens with zero attached hydrogens (tertiary/aromatic N) is 2. The lowest BCUT2D eigenvalue weighted by Gasteiger charge is -2.27. The molecule has 5 nitrogen and oxygen atoms in total. The Labute approximate surface area is 146 Å². The van der Waals surface area contributed by atoms with Crippen LogP contribution in [0.4, 0.5) is 4.79 Å². The van der Waals surface area contributed by atoms with E-state index in [1.54, 1.807) is 24.3 Å². The molecule has 1 aliphatic rings. The van der Waals surface area contributed by atoms with Gasteiger partial charge in [0.15, 0.2) is 0 Å². The van der Waals surface area contributed by atoms with E-state index in [4.69, 9.17) is 0 Å². The zero-order chi connectivity index (χ0) is 17.9. The Hall–Kier alpha value is -3.13. The van der Waals surface area contributed by atoms with Crippen LogP contribution >= 0.6 is 0 Å². The van der Waals surface area contributed by atoms with Crippen LogP contribution in [0.15, 0.2) is 54.6 Å². The van der Waals surface area contributed by atoms with Crippen molar-refractivity contribution in [1.82, 2.24) is 10.2 Å². The zero-order valence-corrected chi connectivity index (χ0v) is 14.0. The highest BCUT2D eigenvalue weighted by Crippen LogP contribution is 2.34. The maximum absolute atomic E-state index is 13.2. The van der Waals surface area contributed by atoms with Gasteiger partial charge < -0.3 is 5.32 Å². The molecule has 1 N–H and O–H groups in total. The van der Waals surface area contributed by atoms with Crippen LogP contribution in [0.2, 0.25) is 0 Å². The number of carbonyl (C=O) groups is 2. The topological polar surface area (TPSA) is 73.2 Å². The minimum atomic E-state index is -1.03. The molecule has 5 heteroatoms. The van der Waals surface area contributed by atoms with Gasteiger partial charge in [-0.05, 0) is 23.6 Å². The van der Waals surface area contributed by atoms with Gasteiger partial charge in [-0.2, -0.15) is 5.26 Å². The van der Waals surface area contributed by atoms with E-state index in [0.717, 1.165) is 12.0 Å². The quantitative estimate of drug-likeness (QED) is 0.853. The first-order valence-corrected chi connectivity index (χ1v) is 8.30. The van der Waals surface area contributed by atoms with Gasteiger partial charge in [-0.3, -0.25) is 9.69 Å². The Morgan fingerprint density at radius 1 is 1.08 bits per heavy atom. The maximum atomic E-state index is 13.2. The van der Waals surface area contributed by atoms with Crippen molar-refractivity contribution >= 4 is 11.9 Å². The molecule has 0 saturated carbocycles. The van der Waals surface area contributed by atoms with Gasteiger partial charge in [0.2, 0.25) is 0 Å². The predicted octanol–water partition coefficient (Wildman–Crippen LogP) is 3.31. The Balaban J connectivity index is 1.97. The van der Waals surface area contributed by atoms with Gasteiger partial charge in [0.25, 0.3) is 5.91 Å². The molecule has 25 heavy (non-hydrogen) atoms. The second kappa shape index (κ2) is 6.78. The third kappa shape index (κ3) is 2.87. The fourth-order valence-corrected chi connectivity index (χ4v) is 3.31. The second-order valence-electron chi connectivity index (χ2n) is 6.11. The SMILES string of the molecule is CCCC1(c2ccccc2)NC(=O)N(Cc2ccccc2C#N)C1=O. The average molecular weight is 333 g/mol. The van der Waals surface area contributed by atoms with Gasteiger partial charge in [-0.15, -0.1) is 0 Å². The van der Waals surface area contributed by atoms with Crippen LogP contribution in [0.3, 0.4) is 0 Å². The molecule has 1 aliphatic heterocycles. The molecule has 2 aromatic rings. The van der Waals surface area contributed by atoms with Crippen molar-refractivity contribution in [3.63, 3.8) is 0 Å². The lowest BCUT2D eigenvalue weighted by atomic mass is 9.85. The summed E-state index contributed by atoms with van der Waals surface area (Å²) in [5.41, 5.74) is 0.880. The largest absolute Gasteiger partial charge is 0.325 e. The van der Waals surface area contributed by atoms with Gasteiger partial charge in [0.1, 0.15) is 5.54 Å². The summed E-state index contributed by atoms with van der Waals surface area (Å²) in [7, 11) is 0.